The molecule has 1 N–H and O–H groups in total. The molecule has 166 valence electrons. The summed E-state index contributed by atoms with van der Waals surface area (Å²) in [5.41, 5.74) is 2.23. The first kappa shape index (κ1) is 23.0. The summed E-state index contributed by atoms with van der Waals surface area (Å²) in [7, 11) is -1.64. The van der Waals surface area contributed by atoms with Crippen LogP contribution in [0.5, 0.6) is 0 Å². The van der Waals surface area contributed by atoms with Gasteiger partial charge in [0.2, 0.25) is 11.8 Å². The molecule has 2 heterocycles. The maximum atomic E-state index is 12.1. The molecule has 0 aliphatic carbocycles. The van der Waals surface area contributed by atoms with Gasteiger partial charge >= 0.3 is 0 Å². The average molecular weight is 431 g/mol. The summed E-state index contributed by atoms with van der Waals surface area (Å²) >= 11 is 0. The van der Waals surface area contributed by atoms with Crippen LogP contribution in [-0.2, 0) is 14.0 Å². The van der Waals surface area contributed by atoms with Crippen molar-refractivity contribution in [3.63, 3.8) is 0 Å². The molecule has 1 atom stereocenters. The van der Waals surface area contributed by atoms with Crippen LogP contribution >= 0.6 is 0 Å². The Labute approximate surface area is 182 Å². The second kappa shape index (κ2) is 9.23. The molecule has 6 heteroatoms. The number of piperidine rings is 2. The van der Waals surface area contributed by atoms with Gasteiger partial charge in [-0.25, -0.2) is 0 Å². The standard InChI is InChI=1S/C24H38N2O3Si/c1-24(2,3)30(4,5)29-17-14-18-12-15-26(16-13-18)20-8-6-19(7-9-20)21-10-11-22(27)25-23(21)28/h6-9,18,21H,10-17H2,1-5H3,(H,25,27,28). The van der Waals surface area contributed by atoms with Crippen LogP contribution < -0.4 is 10.2 Å². The number of carbonyl (C=O) groups is 2. The highest BCUT2D eigenvalue weighted by molar-refractivity contribution is 6.74. The van der Waals surface area contributed by atoms with Crippen molar-refractivity contribution in [2.24, 2.45) is 5.92 Å². The monoisotopic (exact) mass is 430 g/mol. The van der Waals surface area contributed by atoms with Crippen molar-refractivity contribution in [1.29, 1.82) is 0 Å². The first-order chi connectivity index (χ1) is 14.1. The number of anilines is 1. The number of imide groups is 1. The summed E-state index contributed by atoms with van der Waals surface area (Å²) in [6, 6.07) is 8.35. The van der Waals surface area contributed by atoms with Crippen LogP contribution in [0.25, 0.3) is 0 Å². The van der Waals surface area contributed by atoms with E-state index in [0.717, 1.165) is 37.6 Å². The molecule has 30 heavy (non-hydrogen) atoms. The summed E-state index contributed by atoms with van der Waals surface area (Å²) in [6.45, 7) is 14.6. The number of rotatable bonds is 6. The van der Waals surface area contributed by atoms with Crippen molar-refractivity contribution in [3.05, 3.63) is 29.8 Å². The number of nitrogens with one attached hydrogen (secondary N) is 1. The lowest BCUT2D eigenvalue weighted by Gasteiger charge is -2.37. The normalized spacial score (nSPS) is 21.6. The summed E-state index contributed by atoms with van der Waals surface area (Å²) in [5.74, 6) is 0.210. The van der Waals surface area contributed by atoms with E-state index in [1.54, 1.807) is 0 Å². The number of hydrogen-bond acceptors (Lipinski definition) is 4. The van der Waals surface area contributed by atoms with Crippen LogP contribution in [-0.4, -0.2) is 39.8 Å². The second-order valence-corrected chi connectivity index (χ2v) is 15.2. The molecule has 0 spiro atoms. The SMILES string of the molecule is CC(C)(C)[Si](C)(C)OCCC1CCN(c2ccc(C3CCC(=O)NC3=O)cc2)CC1. The van der Waals surface area contributed by atoms with Gasteiger partial charge < -0.3 is 9.33 Å². The van der Waals surface area contributed by atoms with E-state index in [-0.39, 0.29) is 22.8 Å². The topological polar surface area (TPSA) is 58.6 Å². The molecule has 3 rings (SSSR count). The lowest BCUT2D eigenvalue weighted by Crippen LogP contribution is -2.41. The summed E-state index contributed by atoms with van der Waals surface area (Å²) in [4.78, 5) is 25.9. The molecule has 1 unspecified atom stereocenters. The second-order valence-electron chi connectivity index (χ2n) is 10.4. The van der Waals surface area contributed by atoms with Gasteiger partial charge in [0.15, 0.2) is 8.32 Å². The fourth-order valence-electron chi connectivity index (χ4n) is 4.11. The molecule has 0 aromatic heterocycles. The zero-order chi connectivity index (χ0) is 21.9. The molecule has 2 saturated heterocycles. The maximum Gasteiger partial charge on any atom is 0.234 e. The Morgan fingerprint density at radius 1 is 1.07 bits per heavy atom. The highest BCUT2D eigenvalue weighted by atomic mass is 28.4. The number of nitrogens with zero attached hydrogens (tertiary/aromatic N) is 1. The van der Waals surface area contributed by atoms with Crippen LogP contribution in [0.2, 0.25) is 18.1 Å². The van der Waals surface area contributed by atoms with Crippen molar-refractivity contribution in [2.75, 3.05) is 24.6 Å². The van der Waals surface area contributed by atoms with E-state index in [4.69, 9.17) is 4.43 Å². The van der Waals surface area contributed by atoms with E-state index in [2.05, 4.69) is 68.3 Å². The molecular formula is C24H38N2O3Si. The van der Waals surface area contributed by atoms with Crippen molar-refractivity contribution in [2.45, 2.75) is 76.9 Å². The molecule has 2 aliphatic rings. The predicted octanol–water partition coefficient (Wildman–Crippen LogP) is 4.84. The minimum atomic E-state index is -1.64. The van der Waals surface area contributed by atoms with Crippen molar-refractivity contribution in [3.8, 4) is 0 Å². The smallest absolute Gasteiger partial charge is 0.234 e. The Morgan fingerprint density at radius 3 is 2.27 bits per heavy atom. The maximum absolute atomic E-state index is 12.1. The van der Waals surface area contributed by atoms with Gasteiger partial charge in [0.05, 0.1) is 5.92 Å². The number of carbonyl (C=O) groups excluding carboxylic acids is 2. The Balaban J connectivity index is 1.46. The van der Waals surface area contributed by atoms with Crippen LogP contribution in [0, 0.1) is 5.92 Å². The summed E-state index contributed by atoms with van der Waals surface area (Å²) in [5, 5.41) is 2.72. The van der Waals surface area contributed by atoms with Crippen molar-refractivity contribution < 1.29 is 14.0 Å². The van der Waals surface area contributed by atoms with Crippen LogP contribution in [0.1, 0.15) is 64.4 Å². The molecule has 1 aromatic carbocycles. The molecule has 0 bridgehead atoms. The van der Waals surface area contributed by atoms with E-state index in [1.165, 1.54) is 18.5 Å². The molecule has 5 nitrogen and oxygen atoms in total. The zero-order valence-corrected chi connectivity index (χ0v) is 20.3. The van der Waals surface area contributed by atoms with Gasteiger partial charge in [-0.05, 0) is 67.4 Å². The quantitative estimate of drug-likeness (QED) is 0.518. The lowest BCUT2D eigenvalue weighted by atomic mass is 9.90. The Morgan fingerprint density at radius 2 is 1.70 bits per heavy atom. The Bertz CT molecular complexity index is 747. The molecule has 2 amide bonds. The van der Waals surface area contributed by atoms with Gasteiger partial charge in [0.1, 0.15) is 0 Å². The van der Waals surface area contributed by atoms with Crippen LogP contribution in [0.15, 0.2) is 24.3 Å². The van der Waals surface area contributed by atoms with Crippen LogP contribution in [0.3, 0.4) is 0 Å². The Hall–Kier alpha value is -1.66. The van der Waals surface area contributed by atoms with E-state index < -0.39 is 8.32 Å². The van der Waals surface area contributed by atoms with E-state index in [9.17, 15) is 9.59 Å². The molecular weight excluding hydrogens is 392 g/mol. The molecule has 2 aliphatic heterocycles. The number of hydrogen-bond donors (Lipinski definition) is 1. The first-order valence-corrected chi connectivity index (χ1v) is 14.3. The fourth-order valence-corrected chi connectivity index (χ4v) is 5.17. The summed E-state index contributed by atoms with van der Waals surface area (Å²) < 4.78 is 6.37. The highest BCUT2D eigenvalue weighted by Crippen LogP contribution is 2.37. The number of amides is 2. The highest BCUT2D eigenvalue weighted by Gasteiger charge is 2.37. The predicted molar refractivity (Wildman–Crippen MR) is 124 cm³/mol. The van der Waals surface area contributed by atoms with E-state index >= 15 is 0 Å². The minimum Gasteiger partial charge on any atom is -0.417 e. The Kier molecular flexibility index (Phi) is 7.08. The summed E-state index contributed by atoms with van der Waals surface area (Å²) in [6.07, 6.45) is 4.59. The molecule has 0 saturated carbocycles. The molecule has 2 fully saturated rings. The van der Waals surface area contributed by atoms with Gasteiger partial charge in [-0.3, -0.25) is 14.9 Å². The minimum absolute atomic E-state index is 0.162. The van der Waals surface area contributed by atoms with Crippen molar-refractivity contribution >= 4 is 25.8 Å². The van der Waals surface area contributed by atoms with E-state index in [0.29, 0.717) is 12.8 Å². The van der Waals surface area contributed by atoms with Gasteiger partial charge in [0.25, 0.3) is 0 Å². The largest absolute Gasteiger partial charge is 0.417 e. The van der Waals surface area contributed by atoms with Crippen molar-refractivity contribution in [1.82, 2.24) is 5.32 Å². The number of benzene rings is 1. The zero-order valence-electron chi connectivity index (χ0n) is 19.3. The van der Waals surface area contributed by atoms with Gasteiger partial charge in [0, 0.05) is 31.8 Å². The van der Waals surface area contributed by atoms with Gasteiger partial charge in [-0.1, -0.05) is 32.9 Å². The fraction of sp³-hybridized carbons (Fsp3) is 0.667. The lowest BCUT2D eigenvalue weighted by molar-refractivity contribution is -0.134. The third kappa shape index (κ3) is 5.52. The van der Waals surface area contributed by atoms with Gasteiger partial charge in [-0.15, -0.1) is 0 Å². The first-order valence-electron chi connectivity index (χ1n) is 11.4. The third-order valence-corrected chi connectivity index (χ3v) is 11.8. The van der Waals surface area contributed by atoms with Crippen LogP contribution in [0.4, 0.5) is 5.69 Å². The van der Waals surface area contributed by atoms with Gasteiger partial charge in [-0.2, -0.15) is 0 Å². The van der Waals surface area contributed by atoms with E-state index in [1.807, 2.05) is 0 Å². The third-order valence-electron chi connectivity index (χ3n) is 7.31. The average Bonchev–Trinajstić information content (AvgIpc) is 2.68. The molecule has 1 aromatic rings. The molecule has 0 radical (unpaired) electrons.